The summed E-state index contributed by atoms with van der Waals surface area (Å²) in [4.78, 5) is 16.0. The Morgan fingerprint density at radius 1 is 0.808 bits per heavy atom. The van der Waals surface area contributed by atoms with E-state index in [9.17, 15) is 4.79 Å². The van der Waals surface area contributed by atoms with Gasteiger partial charge in [-0.25, -0.2) is 0 Å². The summed E-state index contributed by atoms with van der Waals surface area (Å²) >= 11 is 23.6. The maximum atomic E-state index is 11.3. The van der Waals surface area contributed by atoms with Gasteiger partial charge in [-0.2, -0.15) is 0 Å². The molecule has 0 unspecified atom stereocenters. The van der Waals surface area contributed by atoms with Gasteiger partial charge in [-0.1, -0.05) is 51.6 Å². The Hall–Kier alpha value is -1.26. The molecule has 0 aromatic heterocycles. The minimum atomic E-state index is 0.131. The number of fused-ring (bicyclic) bond motifs is 2. The first-order chi connectivity index (χ1) is 12.4. The van der Waals surface area contributed by atoms with Gasteiger partial charge < -0.3 is 4.84 Å². The third-order valence-electron chi connectivity index (χ3n) is 4.29. The van der Waals surface area contributed by atoms with Crippen LogP contribution in [0.4, 0.5) is 0 Å². The molecule has 136 valence electrons. The molecule has 0 bridgehead atoms. The fourth-order valence-corrected chi connectivity index (χ4v) is 4.52. The van der Waals surface area contributed by atoms with Gasteiger partial charge in [-0.3, -0.25) is 4.79 Å². The summed E-state index contributed by atoms with van der Waals surface area (Å²) in [7, 11) is 1.54. The highest BCUT2D eigenvalue weighted by molar-refractivity contribution is 6.38. The summed E-state index contributed by atoms with van der Waals surface area (Å²) < 4.78 is 0. The molecule has 26 heavy (non-hydrogen) atoms. The predicted molar refractivity (Wildman–Crippen MR) is 107 cm³/mol. The van der Waals surface area contributed by atoms with Gasteiger partial charge >= 0.3 is 0 Å². The van der Waals surface area contributed by atoms with E-state index in [1.165, 1.54) is 7.11 Å². The SMILES string of the molecule is CON=C1CCc2cc(Cl)cc(Cl)c21.O=C1CCc2cc(Cl)cc(Cl)c21. The maximum Gasteiger partial charge on any atom is 0.164 e. The smallest absolute Gasteiger partial charge is 0.164 e. The van der Waals surface area contributed by atoms with Crippen LogP contribution in [-0.4, -0.2) is 18.6 Å². The van der Waals surface area contributed by atoms with Crippen molar-refractivity contribution >= 4 is 57.9 Å². The molecule has 0 spiro atoms. The Bertz CT molecular complexity index is 909. The number of hydrogen-bond acceptors (Lipinski definition) is 3. The Morgan fingerprint density at radius 3 is 1.96 bits per heavy atom. The molecule has 0 heterocycles. The Morgan fingerprint density at radius 2 is 1.35 bits per heavy atom. The van der Waals surface area contributed by atoms with Crippen molar-refractivity contribution in [2.24, 2.45) is 5.16 Å². The van der Waals surface area contributed by atoms with Gasteiger partial charge in [0.1, 0.15) is 7.11 Å². The second kappa shape index (κ2) is 8.18. The molecule has 2 aliphatic carbocycles. The van der Waals surface area contributed by atoms with Gasteiger partial charge in [0.25, 0.3) is 0 Å². The van der Waals surface area contributed by atoms with Crippen molar-refractivity contribution < 1.29 is 9.63 Å². The van der Waals surface area contributed by atoms with Crippen LogP contribution in [0.1, 0.15) is 39.9 Å². The first-order valence-electron chi connectivity index (χ1n) is 8.00. The van der Waals surface area contributed by atoms with E-state index in [0.717, 1.165) is 41.7 Å². The van der Waals surface area contributed by atoms with Crippen molar-refractivity contribution in [1.29, 1.82) is 0 Å². The molecule has 0 atom stereocenters. The molecular formula is C19H15Cl4NO2. The standard InChI is InChI=1S/C10H9Cl2NO.C9H6Cl2O/c1-14-13-9-3-2-6-4-7(11)5-8(12)10(6)9;10-6-3-5-1-2-8(12)9(5)7(11)4-6/h4-5H,2-3H2,1H3;3-4H,1-2H2. The van der Waals surface area contributed by atoms with Gasteiger partial charge in [0.2, 0.25) is 0 Å². The Labute approximate surface area is 171 Å². The van der Waals surface area contributed by atoms with Gasteiger partial charge in [0, 0.05) is 27.6 Å². The first-order valence-corrected chi connectivity index (χ1v) is 9.51. The summed E-state index contributed by atoms with van der Waals surface area (Å²) in [5, 5.41) is 6.36. The fraction of sp³-hybridized carbons (Fsp3) is 0.263. The van der Waals surface area contributed by atoms with E-state index >= 15 is 0 Å². The lowest BCUT2D eigenvalue weighted by Crippen LogP contribution is -1.96. The Balaban J connectivity index is 0.000000152. The van der Waals surface area contributed by atoms with Gasteiger partial charge in [-0.15, -0.1) is 0 Å². The van der Waals surface area contributed by atoms with E-state index in [-0.39, 0.29) is 5.78 Å². The summed E-state index contributed by atoms with van der Waals surface area (Å²) in [6, 6.07) is 7.10. The molecule has 0 radical (unpaired) electrons. The second-order valence-electron chi connectivity index (χ2n) is 5.99. The normalized spacial score (nSPS) is 16.2. The predicted octanol–water partition coefficient (Wildman–Crippen LogP) is 6.41. The zero-order chi connectivity index (χ0) is 18.8. The molecule has 0 N–H and O–H groups in total. The molecule has 0 saturated heterocycles. The van der Waals surface area contributed by atoms with Gasteiger partial charge in [0.05, 0.1) is 15.8 Å². The van der Waals surface area contributed by atoms with Gasteiger partial charge in [-0.05, 0) is 54.7 Å². The third kappa shape index (κ3) is 4.01. The summed E-state index contributed by atoms with van der Waals surface area (Å²) in [6.45, 7) is 0. The number of aryl methyl sites for hydroxylation is 2. The number of rotatable bonds is 1. The molecule has 7 heteroatoms. The van der Waals surface area contributed by atoms with Crippen molar-refractivity contribution in [3.63, 3.8) is 0 Å². The third-order valence-corrected chi connectivity index (χ3v) is 5.33. The fourth-order valence-electron chi connectivity index (χ4n) is 3.24. The van der Waals surface area contributed by atoms with Crippen LogP contribution in [0.25, 0.3) is 0 Å². The zero-order valence-electron chi connectivity index (χ0n) is 13.9. The number of ketones is 1. The monoisotopic (exact) mass is 429 g/mol. The molecule has 0 amide bonds. The van der Waals surface area contributed by atoms with E-state index in [2.05, 4.69) is 5.16 Å². The van der Waals surface area contributed by atoms with Crippen molar-refractivity contribution in [2.75, 3.05) is 7.11 Å². The number of oxime groups is 1. The summed E-state index contributed by atoms with van der Waals surface area (Å²) in [6.07, 6.45) is 3.13. The number of nitrogens with zero attached hydrogens (tertiary/aromatic N) is 1. The molecule has 2 aromatic rings. The quantitative estimate of drug-likeness (QED) is 0.490. The molecular weight excluding hydrogens is 416 g/mol. The van der Waals surface area contributed by atoms with Crippen LogP contribution in [0.2, 0.25) is 20.1 Å². The summed E-state index contributed by atoms with van der Waals surface area (Å²) in [5.41, 5.74) is 4.69. The average Bonchev–Trinajstić information content (AvgIpc) is 3.12. The average molecular weight is 431 g/mol. The zero-order valence-corrected chi connectivity index (χ0v) is 16.9. The van der Waals surface area contributed by atoms with Crippen molar-refractivity contribution in [3.8, 4) is 0 Å². The second-order valence-corrected chi connectivity index (χ2v) is 7.67. The minimum Gasteiger partial charge on any atom is -0.399 e. The lowest BCUT2D eigenvalue weighted by molar-refractivity contribution is 0.0994. The maximum absolute atomic E-state index is 11.3. The number of halogens is 4. The number of hydrogen-bond donors (Lipinski definition) is 0. The largest absolute Gasteiger partial charge is 0.399 e. The highest BCUT2D eigenvalue weighted by Crippen LogP contribution is 2.33. The van der Waals surface area contributed by atoms with Crippen LogP contribution in [0.5, 0.6) is 0 Å². The Kier molecular flexibility index (Phi) is 6.13. The van der Waals surface area contributed by atoms with Crippen LogP contribution in [0.3, 0.4) is 0 Å². The molecule has 4 rings (SSSR count). The van der Waals surface area contributed by atoms with Crippen LogP contribution >= 0.6 is 46.4 Å². The van der Waals surface area contributed by atoms with E-state index in [1.54, 1.807) is 12.1 Å². The number of carbonyl (C=O) groups is 1. The number of Topliss-reactive ketones (excluding diaryl/α,β-unsaturated/α-hetero) is 1. The highest BCUT2D eigenvalue weighted by atomic mass is 35.5. The van der Waals surface area contributed by atoms with Crippen molar-refractivity contribution in [2.45, 2.75) is 25.7 Å². The van der Waals surface area contributed by atoms with Crippen LogP contribution < -0.4 is 0 Å². The van der Waals surface area contributed by atoms with E-state index < -0.39 is 0 Å². The van der Waals surface area contributed by atoms with Crippen LogP contribution in [-0.2, 0) is 17.7 Å². The molecule has 0 aliphatic heterocycles. The van der Waals surface area contributed by atoms with Crippen LogP contribution in [0.15, 0.2) is 29.4 Å². The topological polar surface area (TPSA) is 38.7 Å². The lowest BCUT2D eigenvalue weighted by atomic mass is 10.1. The first kappa shape index (κ1) is 19.5. The molecule has 2 aliphatic rings. The minimum absolute atomic E-state index is 0.131. The van der Waals surface area contributed by atoms with E-state index in [0.29, 0.717) is 32.1 Å². The number of carbonyl (C=O) groups excluding carboxylic acids is 1. The molecule has 0 saturated carbocycles. The van der Waals surface area contributed by atoms with Gasteiger partial charge in [0.15, 0.2) is 5.78 Å². The molecule has 2 aromatic carbocycles. The highest BCUT2D eigenvalue weighted by Gasteiger charge is 2.23. The molecule has 3 nitrogen and oxygen atoms in total. The van der Waals surface area contributed by atoms with Crippen LogP contribution in [0, 0.1) is 0 Å². The molecule has 0 fully saturated rings. The lowest BCUT2D eigenvalue weighted by Gasteiger charge is -2.03. The number of benzene rings is 2. The van der Waals surface area contributed by atoms with E-state index in [4.69, 9.17) is 51.2 Å². The van der Waals surface area contributed by atoms with Crippen molar-refractivity contribution in [3.05, 3.63) is 66.6 Å². The van der Waals surface area contributed by atoms with Crippen molar-refractivity contribution in [1.82, 2.24) is 0 Å². The van der Waals surface area contributed by atoms with E-state index in [1.807, 2.05) is 12.1 Å². The summed E-state index contributed by atoms with van der Waals surface area (Å²) in [5.74, 6) is 0.131.